The van der Waals surface area contributed by atoms with Crippen LogP contribution in [-0.2, 0) is 14.4 Å². The monoisotopic (exact) mass is 193 g/mol. The van der Waals surface area contributed by atoms with Gasteiger partial charge in [0.15, 0.2) is 17.0 Å². The van der Waals surface area contributed by atoms with Crippen LogP contribution in [0, 0.1) is 5.41 Å². The Hall–Kier alpha value is -1.45. The Labute approximate surface area is 81.4 Å². The van der Waals surface area contributed by atoms with E-state index in [0.29, 0.717) is 13.0 Å². The molecule has 0 saturated carbocycles. The van der Waals surface area contributed by atoms with E-state index in [2.05, 4.69) is 5.32 Å². The first kappa shape index (κ1) is 9.12. The molecule has 1 aliphatic carbocycles. The van der Waals surface area contributed by atoms with E-state index in [1.807, 2.05) is 0 Å². The molecule has 0 aromatic heterocycles. The largest absolute Gasteiger partial charge is 0.355 e. The third kappa shape index (κ3) is 1.03. The molecule has 14 heavy (non-hydrogen) atoms. The van der Waals surface area contributed by atoms with Crippen molar-refractivity contribution in [3.05, 3.63) is 12.2 Å². The van der Waals surface area contributed by atoms with Crippen LogP contribution in [0.25, 0.3) is 0 Å². The second-order valence-corrected chi connectivity index (χ2v) is 3.68. The molecule has 1 saturated heterocycles. The quantitative estimate of drug-likeness (QED) is 0.550. The first-order chi connectivity index (χ1) is 6.68. The second-order valence-electron chi connectivity index (χ2n) is 3.68. The molecule has 2 aliphatic rings. The van der Waals surface area contributed by atoms with Gasteiger partial charge in [-0.1, -0.05) is 0 Å². The number of hydrogen-bond acceptors (Lipinski definition) is 3. The van der Waals surface area contributed by atoms with Crippen molar-refractivity contribution in [2.24, 2.45) is 5.41 Å². The van der Waals surface area contributed by atoms with Crippen molar-refractivity contribution in [1.82, 2.24) is 5.32 Å². The Morgan fingerprint density at radius 2 is 1.71 bits per heavy atom. The summed E-state index contributed by atoms with van der Waals surface area (Å²) in [5.74, 6) is -1.14. The summed E-state index contributed by atoms with van der Waals surface area (Å²) in [6.07, 6.45) is 4.34. The van der Waals surface area contributed by atoms with Crippen molar-refractivity contribution < 1.29 is 14.4 Å². The molecule has 1 spiro atoms. The minimum Gasteiger partial charge on any atom is -0.355 e. The average molecular weight is 193 g/mol. The molecule has 4 heteroatoms. The standard InChI is InChI=1S/C10H11NO3/c12-7-3-4-8(13)10(7)5-1-2-6-11-9(10)14/h3-4H,1-2,5-6H2,(H,11,14). The molecule has 74 valence electrons. The van der Waals surface area contributed by atoms with E-state index < -0.39 is 11.3 Å². The minimum atomic E-state index is -1.41. The molecule has 0 unspecified atom stereocenters. The van der Waals surface area contributed by atoms with Crippen molar-refractivity contribution in [1.29, 1.82) is 0 Å². The van der Waals surface area contributed by atoms with Gasteiger partial charge >= 0.3 is 0 Å². The molecule has 1 fully saturated rings. The summed E-state index contributed by atoms with van der Waals surface area (Å²) in [7, 11) is 0. The number of carbonyl (C=O) groups is 3. The smallest absolute Gasteiger partial charge is 0.242 e. The maximum atomic E-state index is 11.7. The van der Waals surface area contributed by atoms with E-state index in [4.69, 9.17) is 0 Å². The van der Waals surface area contributed by atoms with Gasteiger partial charge in [-0.05, 0) is 31.4 Å². The number of amides is 1. The van der Waals surface area contributed by atoms with Crippen LogP contribution in [-0.4, -0.2) is 24.0 Å². The number of allylic oxidation sites excluding steroid dienone is 2. The van der Waals surface area contributed by atoms with Gasteiger partial charge in [-0.2, -0.15) is 0 Å². The average Bonchev–Trinajstić information content (AvgIpc) is 2.38. The molecule has 0 radical (unpaired) electrons. The van der Waals surface area contributed by atoms with Crippen LogP contribution >= 0.6 is 0 Å². The maximum Gasteiger partial charge on any atom is 0.242 e. The molecule has 0 bridgehead atoms. The Morgan fingerprint density at radius 1 is 1.07 bits per heavy atom. The molecular formula is C10H11NO3. The van der Waals surface area contributed by atoms with Crippen molar-refractivity contribution >= 4 is 17.5 Å². The van der Waals surface area contributed by atoms with Gasteiger partial charge in [-0.15, -0.1) is 0 Å². The molecule has 4 nitrogen and oxygen atoms in total. The Balaban J connectivity index is 2.41. The lowest BCUT2D eigenvalue weighted by atomic mass is 9.78. The predicted octanol–water partition coefficient (Wildman–Crippen LogP) is -0.0191. The van der Waals surface area contributed by atoms with Crippen LogP contribution in [0.3, 0.4) is 0 Å². The van der Waals surface area contributed by atoms with E-state index in [-0.39, 0.29) is 11.6 Å². The lowest BCUT2D eigenvalue weighted by Crippen LogP contribution is -2.47. The van der Waals surface area contributed by atoms with Gasteiger partial charge < -0.3 is 5.32 Å². The molecule has 1 heterocycles. The van der Waals surface area contributed by atoms with Crippen LogP contribution in [0.4, 0.5) is 0 Å². The molecule has 1 N–H and O–H groups in total. The molecule has 1 amide bonds. The van der Waals surface area contributed by atoms with Gasteiger partial charge in [-0.25, -0.2) is 0 Å². The summed E-state index contributed by atoms with van der Waals surface area (Å²) in [4.78, 5) is 34.8. The van der Waals surface area contributed by atoms with Gasteiger partial charge in [-0.3, -0.25) is 14.4 Å². The van der Waals surface area contributed by atoms with Crippen molar-refractivity contribution in [3.63, 3.8) is 0 Å². The minimum absolute atomic E-state index is 0.351. The zero-order valence-corrected chi connectivity index (χ0v) is 7.71. The van der Waals surface area contributed by atoms with Crippen molar-refractivity contribution in [2.75, 3.05) is 6.54 Å². The topological polar surface area (TPSA) is 63.2 Å². The van der Waals surface area contributed by atoms with Crippen LogP contribution in [0.2, 0.25) is 0 Å². The number of rotatable bonds is 0. The Kier molecular flexibility index (Phi) is 1.98. The summed E-state index contributed by atoms with van der Waals surface area (Å²) < 4.78 is 0. The van der Waals surface area contributed by atoms with E-state index >= 15 is 0 Å². The molecular weight excluding hydrogens is 182 g/mol. The van der Waals surface area contributed by atoms with E-state index in [1.165, 1.54) is 12.2 Å². The fourth-order valence-corrected chi connectivity index (χ4v) is 2.01. The van der Waals surface area contributed by atoms with Crippen molar-refractivity contribution in [2.45, 2.75) is 19.3 Å². The van der Waals surface area contributed by atoms with Gasteiger partial charge in [0.25, 0.3) is 0 Å². The fourth-order valence-electron chi connectivity index (χ4n) is 2.01. The highest BCUT2D eigenvalue weighted by atomic mass is 16.2. The van der Waals surface area contributed by atoms with E-state index in [9.17, 15) is 14.4 Å². The van der Waals surface area contributed by atoms with Crippen molar-refractivity contribution in [3.8, 4) is 0 Å². The van der Waals surface area contributed by atoms with Crippen LogP contribution in [0.1, 0.15) is 19.3 Å². The van der Waals surface area contributed by atoms with Crippen LogP contribution < -0.4 is 5.32 Å². The number of nitrogens with one attached hydrogen (secondary N) is 1. The highest BCUT2D eigenvalue weighted by Crippen LogP contribution is 2.34. The lowest BCUT2D eigenvalue weighted by molar-refractivity contribution is -0.145. The van der Waals surface area contributed by atoms with Gasteiger partial charge in [0.1, 0.15) is 0 Å². The molecule has 1 aliphatic heterocycles. The molecule has 0 atom stereocenters. The van der Waals surface area contributed by atoms with Gasteiger partial charge in [0.05, 0.1) is 0 Å². The fraction of sp³-hybridized carbons (Fsp3) is 0.500. The number of ketones is 2. The second kappa shape index (κ2) is 3.04. The number of carbonyl (C=O) groups excluding carboxylic acids is 3. The molecule has 0 aromatic rings. The zero-order chi connectivity index (χ0) is 10.2. The first-order valence-electron chi connectivity index (χ1n) is 4.73. The van der Waals surface area contributed by atoms with Crippen LogP contribution in [0.5, 0.6) is 0 Å². The maximum absolute atomic E-state index is 11.7. The zero-order valence-electron chi connectivity index (χ0n) is 7.71. The summed E-state index contributed by atoms with van der Waals surface area (Å²) in [6, 6.07) is 0. The van der Waals surface area contributed by atoms with Crippen LogP contribution in [0.15, 0.2) is 12.2 Å². The third-order valence-electron chi connectivity index (χ3n) is 2.88. The van der Waals surface area contributed by atoms with E-state index in [1.54, 1.807) is 0 Å². The summed E-state index contributed by atoms with van der Waals surface area (Å²) in [5, 5.41) is 2.62. The summed E-state index contributed by atoms with van der Waals surface area (Å²) in [6.45, 7) is 0.557. The third-order valence-corrected chi connectivity index (χ3v) is 2.88. The highest BCUT2D eigenvalue weighted by Gasteiger charge is 2.52. The van der Waals surface area contributed by atoms with E-state index in [0.717, 1.165) is 12.8 Å². The first-order valence-corrected chi connectivity index (χ1v) is 4.73. The van der Waals surface area contributed by atoms with Gasteiger partial charge in [0.2, 0.25) is 5.91 Å². The normalized spacial score (nSPS) is 25.3. The molecule has 2 rings (SSSR count). The Bertz CT molecular complexity index is 325. The SMILES string of the molecule is O=C1C=CC(=O)C12CCCCNC2=O. The predicted molar refractivity (Wildman–Crippen MR) is 48.4 cm³/mol. The lowest BCUT2D eigenvalue weighted by Gasteiger charge is -2.21. The summed E-state index contributed by atoms with van der Waals surface area (Å²) in [5.41, 5.74) is -1.41. The Morgan fingerprint density at radius 3 is 2.36 bits per heavy atom. The number of hydrogen-bond donors (Lipinski definition) is 1. The molecule has 0 aromatic carbocycles. The highest BCUT2D eigenvalue weighted by molar-refractivity contribution is 6.33. The summed E-state index contributed by atoms with van der Waals surface area (Å²) >= 11 is 0. The van der Waals surface area contributed by atoms with Gasteiger partial charge in [0, 0.05) is 6.54 Å².